The average Bonchev–Trinajstić information content (AvgIpc) is 2.86. The van der Waals surface area contributed by atoms with Gasteiger partial charge in [-0.1, -0.05) is 53.7 Å². The van der Waals surface area contributed by atoms with Crippen LogP contribution in [-0.4, -0.2) is 27.7 Å². The fourth-order valence-corrected chi connectivity index (χ4v) is 4.65. The van der Waals surface area contributed by atoms with Gasteiger partial charge in [-0.3, -0.25) is 9.69 Å². The highest BCUT2D eigenvalue weighted by Gasteiger charge is 2.24. The third kappa shape index (κ3) is 5.72. The molecule has 0 atom stereocenters. The van der Waals surface area contributed by atoms with E-state index in [9.17, 15) is 14.7 Å². The maximum atomic E-state index is 13.9. The molecular formula is C31H36N4O3. The number of hydrogen-bond donors (Lipinski definition) is 3. The molecule has 38 heavy (non-hydrogen) atoms. The summed E-state index contributed by atoms with van der Waals surface area (Å²) in [4.78, 5) is 35.5. The van der Waals surface area contributed by atoms with E-state index in [1.807, 2.05) is 32.0 Å². The Morgan fingerprint density at radius 2 is 1.63 bits per heavy atom. The zero-order valence-electron chi connectivity index (χ0n) is 22.9. The van der Waals surface area contributed by atoms with Crippen LogP contribution in [0.5, 0.6) is 5.75 Å². The molecule has 0 fully saturated rings. The Kier molecular flexibility index (Phi) is 7.86. The van der Waals surface area contributed by atoms with Gasteiger partial charge >= 0.3 is 6.03 Å². The lowest BCUT2D eigenvalue weighted by Crippen LogP contribution is -2.41. The first-order chi connectivity index (χ1) is 18.0. The van der Waals surface area contributed by atoms with E-state index in [0.717, 1.165) is 33.3 Å². The van der Waals surface area contributed by atoms with Crippen molar-refractivity contribution in [2.75, 3.05) is 16.8 Å². The van der Waals surface area contributed by atoms with Crippen LogP contribution >= 0.6 is 0 Å². The quantitative estimate of drug-likeness (QED) is 0.243. The smallest absolute Gasteiger partial charge is 0.326 e. The van der Waals surface area contributed by atoms with Crippen molar-refractivity contribution in [2.45, 2.75) is 53.4 Å². The summed E-state index contributed by atoms with van der Waals surface area (Å²) in [6, 6.07) is 16.4. The van der Waals surface area contributed by atoms with Gasteiger partial charge in [0.15, 0.2) is 0 Å². The lowest BCUT2D eigenvalue weighted by atomic mass is 9.88. The minimum absolute atomic E-state index is 0.119. The number of nitrogens with one attached hydrogen (secondary N) is 2. The molecule has 0 spiro atoms. The summed E-state index contributed by atoms with van der Waals surface area (Å²) in [6.45, 7) is 12.8. The summed E-state index contributed by atoms with van der Waals surface area (Å²) in [5, 5.41) is 14.0. The lowest BCUT2D eigenvalue weighted by Gasteiger charge is -2.27. The van der Waals surface area contributed by atoms with E-state index >= 15 is 0 Å². The monoisotopic (exact) mass is 512 g/mol. The lowest BCUT2D eigenvalue weighted by molar-refractivity contribution is 0.256. The zero-order valence-corrected chi connectivity index (χ0v) is 22.9. The van der Waals surface area contributed by atoms with E-state index in [1.165, 1.54) is 4.90 Å². The molecule has 0 bridgehead atoms. The predicted molar refractivity (Wildman–Crippen MR) is 155 cm³/mol. The van der Waals surface area contributed by atoms with E-state index in [0.29, 0.717) is 12.2 Å². The second-order valence-electron chi connectivity index (χ2n) is 10.7. The first kappa shape index (κ1) is 26.9. The second-order valence-corrected chi connectivity index (χ2v) is 10.7. The number of carbonyl (C=O) groups is 1. The first-order valence-corrected chi connectivity index (χ1v) is 13.1. The summed E-state index contributed by atoms with van der Waals surface area (Å²) < 4.78 is 0. The minimum Gasteiger partial charge on any atom is -0.508 e. The molecule has 2 aromatic heterocycles. The SMILES string of the molecule is CC(C)CN(C(=O)Nc1c(C(C)C)cc(-c2cccc(O)c2)cc1C(C)C)c1cc2cccnc2[nH]c1=O. The Morgan fingerprint density at radius 3 is 2.24 bits per heavy atom. The van der Waals surface area contributed by atoms with Crippen molar-refractivity contribution in [3.05, 3.63) is 82.3 Å². The molecule has 4 rings (SSSR count). The van der Waals surface area contributed by atoms with Crippen molar-refractivity contribution in [3.8, 4) is 16.9 Å². The van der Waals surface area contributed by atoms with Gasteiger partial charge in [-0.2, -0.15) is 0 Å². The van der Waals surface area contributed by atoms with E-state index in [4.69, 9.17) is 0 Å². The number of aromatic amines is 1. The van der Waals surface area contributed by atoms with Gasteiger partial charge in [0.1, 0.15) is 17.1 Å². The number of aromatic nitrogens is 2. The van der Waals surface area contributed by atoms with Gasteiger partial charge < -0.3 is 15.4 Å². The molecule has 3 N–H and O–H groups in total. The molecule has 2 heterocycles. The Morgan fingerprint density at radius 1 is 0.947 bits per heavy atom. The van der Waals surface area contributed by atoms with Gasteiger partial charge in [-0.15, -0.1) is 0 Å². The molecule has 0 saturated carbocycles. The first-order valence-electron chi connectivity index (χ1n) is 13.1. The number of urea groups is 1. The molecule has 0 saturated heterocycles. The molecule has 7 heteroatoms. The van der Waals surface area contributed by atoms with E-state index in [2.05, 4.69) is 55.1 Å². The predicted octanol–water partition coefficient (Wildman–Crippen LogP) is 7.24. The third-order valence-electron chi connectivity index (χ3n) is 6.53. The number of carbonyl (C=O) groups excluding carboxylic acids is 1. The number of phenolic OH excluding ortho intramolecular Hbond substituents is 1. The summed E-state index contributed by atoms with van der Waals surface area (Å²) in [7, 11) is 0. The summed E-state index contributed by atoms with van der Waals surface area (Å²) in [5.41, 5.74) is 5.03. The Bertz CT molecular complexity index is 1490. The number of rotatable bonds is 7. The number of benzene rings is 2. The number of H-pyrrole nitrogens is 1. The molecule has 198 valence electrons. The van der Waals surface area contributed by atoms with Crippen LogP contribution in [0.15, 0.2) is 65.6 Å². The Balaban J connectivity index is 1.81. The van der Waals surface area contributed by atoms with Crippen molar-refractivity contribution in [3.63, 3.8) is 0 Å². The van der Waals surface area contributed by atoms with Crippen LogP contribution in [0.2, 0.25) is 0 Å². The van der Waals surface area contributed by atoms with Gasteiger partial charge in [0.2, 0.25) is 0 Å². The van der Waals surface area contributed by atoms with Gasteiger partial charge in [0.25, 0.3) is 5.56 Å². The van der Waals surface area contributed by atoms with E-state index in [-0.39, 0.29) is 40.8 Å². The largest absolute Gasteiger partial charge is 0.508 e. The van der Waals surface area contributed by atoms with Crippen LogP contribution in [-0.2, 0) is 0 Å². The zero-order chi connectivity index (χ0) is 27.6. The molecule has 2 aromatic carbocycles. The normalized spacial score (nSPS) is 11.5. The molecule has 0 aliphatic rings. The van der Waals surface area contributed by atoms with Gasteiger partial charge in [-0.05, 0) is 82.5 Å². The maximum Gasteiger partial charge on any atom is 0.326 e. The van der Waals surface area contributed by atoms with Crippen molar-refractivity contribution in [2.24, 2.45) is 5.92 Å². The van der Waals surface area contributed by atoms with Crippen molar-refractivity contribution >= 4 is 28.4 Å². The number of anilines is 2. The van der Waals surface area contributed by atoms with Crippen molar-refractivity contribution in [1.29, 1.82) is 0 Å². The second kappa shape index (κ2) is 11.1. The standard InChI is InChI=1S/C31H36N4O3/c1-18(2)17-35(27-16-22-10-8-12-32-29(22)34-30(27)37)31(38)33-28-25(19(3)4)14-23(15-26(28)20(5)6)21-9-7-11-24(36)13-21/h7-16,18-20,36H,17H2,1-6H3,(H,33,38)(H,32,34,37). The van der Waals surface area contributed by atoms with E-state index < -0.39 is 0 Å². The van der Waals surface area contributed by atoms with Crippen LogP contribution in [0.25, 0.3) is 22.2 Å². The fraction of sp³-hybridized carbons (Fsp3) is 0.323. The highest BCUT2D eigenvalue weighted by Crippen LogP contribution is 2.38. The molecule has 0 unspecified atom stereocenters. The highest BCUT2D eigenvalue weighted by molar-refractivity contribution is 6.03. The Labute approximate surface area is 223 Å². The highest BCUT2D eigenvalue weighted by atomic mass is 16.3. The number of phenols is 1. The molecule has 0 aliphatic carbocycles. The summed E-state index contributed by atoms with van der Waals surface area (Å²) >= 11 is 0. The molecule has 0 radical (unpaired) electrons. The number of aromatic hydroxyl groups is 1. The molecular weight excluding hydrogens is 476 g/mol. The molecule has 0 aliphatic heterocycles. The number of pyridine rings is 2. The Hall–Kier alpha value is -4.13. The van der Waals surface area contributed by atoms with Crippen molar-refractivity contribution in [1.82, 2.24) is 9.97 Å². The van der Waals surface area contributed by atoms with Gasteiger partial charge in [0.05, 0.1) is 0 Å². The minimum atomic E-state index is -0.362. The van der Waals surface area contributed by atoms with Crippen LogP contribution in [0.4, 0.5) is 16.2 Å². The van der Waals surface area contributed by atoms with Gasteiger partial charge in [0, 0.05) is 23.8 Å². The molecule has 4 aromatic rings. The summed E-state index contributed by atoms with van der Waals surface area (Å²) in [6.07, 6.45) is 1.62. The number of hydrogen-bond acceptors (Lipinski definition) is 4. The van der Waals surface area contributed by atoms with Crippen LogP contribution < -0.4 is 15.8 Å². The average molecular weight is 513 g/mol. The number of amides is 2. The van der Waals surface area contributed by atoms with Crippen LogP contribution in [0, 0.1) is 5.92 Å². The molecule has 7 nitrogen and oxygen atoms in total. The number of nitrogens with zero attached hydrogens (tertiary/aromatic N) is 2. The van der Waals surface area contributed by atoms with Crippen LogP contribution in [0.3, 0.4) is 0 Å². The molecule has 2 amide bonds. The van der Waals surface area contributed by atoms with Gasteiger partial charge in [-0.25, -0.2) is 9.78 Å². The van der Waals surface area contributed by atoms with Crippen molar-refractivity contribution < 1.29 is 9.90 Å². The topological polar surface area (TPSA) is 98.3 Å². The van der Waals surface area contributed by atoms with E-state index in [1.54, 1.807) is 30.5 Å². The fourth-order valence-electron chi connectivity index (χ4n) is 4.65. The summed E-state index contributed by atoms with van der Waals surface area (Å²) in [5.74, 6) is 0.576. The number of fused-ring (bicyclic) bond motifs is 1. The van der Waals surface area contributed by atoms with Crippen LogP contribution in [0.1, 0.15) is 64.5 Å². The third-order valence-corrected chi connectivity index (χ3v) is 6.53. The maximum absolute atomic E-state index is 13.9.